The lowest BCUT2D eigenvalue weighted by atomic mass is 10.2. The third kappa shape index (κ3) is 3.95. The van der Waals surface area contributed by atoms with Gasteiger partial charge in [-0.15, -0.1) is 0 Å². The summed E-state index contributed by atoms with van der Waals surface area (Å²) in [7, 11) is 0. The van der Waals surface area contributed by atoms with Gasteiger partial charge < -0.3 is 11.1 Å². The summed E-state index contributed by atoms with van der Waals surface area (Å²) in [6, 6.07) is 0.0441. The summed E-state index contributed by atoms with van der Waals surface area (Å²) in [6.07, 6.45) is 5.67. The Kier molecular flexibility index (Phi) is 4.00. The number of hydrogen-bond acceptors (Lipinski definition) is 4. The van der Waals surface area contributed by atoms with E-state index in [1.165, 1.54) is 12.4 Å². The van der Waals surface area contributed by atoms with Crippen LogP contribution >= 0.6 is 0 Å². The molecule has 0 saturated heterocycles. The number of carbonyl (C=O) groups is 1. The van der Waals surface area contributed by atoms with Gasteiger partial charge in [0.05, 0.1) is 6.20 Å². The molecule has 1 heterocycles. The van der Waals surface area contributed by atoms with E-state index in [1.807, 2.05) is 6.92 Å². The highest BCUT2D eigenvalue weighted by Gasteiger charge is 2.04. The second kappa shape index (κ2) is 5.29. The number of anilines is 1. The Hall–Kier alpha value is -1.49. The fraction of sp³-hybridized carbons (Fsp3) is 0.444. The van der Waals surface area contributed by atoms with Crippen LogP contribution in [-0.2, 0) is 4.79 Å². The van der Waals surface area contributed by atoms with Crippen LogP contribution in [0.15, 0.2) is 18.6 Å². The Morgan fingerprint density at radius 2 is 2.43 bits per heavy atom. The molecule has 0 aromatic carbocycles. The van der Waals surface area contributed by atoms with E-state index < -0.39 is 0 Å². The number of nitrogens with one attached hydrogen (secondary N) is 1. The smallest absolute Gasteiger partial charge is 0.225 e. The molecule has 0 saturated carbocycles. The molecule has 3 N–H and O–H groups in total. The quantitative estimate of drug-likeness (QED) is 0.733. The maximum absolute atomic E-state index is 11.3. The monoisotopic (exact) mass is 194 g/mol. The van der Waals surface area contributed by atoms with E-state index in [4.69, 9.17) is 5.73 Å². The van der Waals surface area contributed by atoms with Crippen molar-refractivity contribution in [1.82, 2.24) is 9.97 Å². The first-order valence-corrected chi connectivity index (χ1v) is 4.50. The molecule has 0 bridgehead atoms. The molecule has 1 aromatic rings. The largest absolute Gasteiger partial charge is 0.328 e. The zero-order valence-electron chi connectivity index (χ0n) is 8.10. The van der Waals surface area contributed by atoms with Gasteiger partial charge in [-0.3, -0.25) is 9.78 Å². The molecule has 0 aliphatic carbocycles. The molecule has 5 heteroatoms. The van der Waals surface area contributed by atoms with Crippen LogP contribution in [-0.4, -0.2) is 21.9 Å². The Morgan fingerprint density at radius 3 is 3.00 bits per heavy atom. The van der Waals surface area contributed by atoms with Crippen molar-refractivity contribution < 1.29 is 4.79 Å². The summed E-state index contributed by atoms with van der Waals surface area (Å²) in [4.78, 5) is 19.0. The molecule has 0 radical (unpaired) electrons. The van der Waals surface area contributed by atoms with E-state index in [9.17, 15) is 4.79 Å². The molecule has 0 spiro atoms. The maximum atomic E-state index is 11.3. The lowest BCUT2D eigenvalue weighted by Gasteiger charge is -2.05. The molecule has 1 rings (SSSR count). The van der Waals surface area contributed by atoms with E-state index in [2.05, 4.69) is 15.3 Å². The van der Waals surface area contributed by atoms with Crippen LogP contribution in [0.25, 0.3) is 0 Å². The van der Waals surface area contributed by atoms with Crippen LogP contribution in [0.5, 0.6) is 0 Å². The number of carbonyl (C=O) groups excluding carboxylic acids is 1. The van der Waals surface area contributed by atoms with Crippen LogP contribution in [0.3, 0.4) is 0 Å². The van der Waals surface area contributed by atoms with Crippen molar-refractivity contribution in [2.75, 3.05) is 5.32 Å². The standard InChI is InChI=1S/C9H14N4O/c1-7(10)2-3-9(14)13-8-6-11-4-5-12-8/h4-7H,2-3,10H2,1H3,(H,12,13,14). The zero-order valence-corrected chi connectivity index (χ0v) is 8.10. The Balaban J connectivity index is 2.35. The second-order valence-corrected chi connectivity index (χ2v) is 3.15. The number of nitrogens with two attached hydrogens (primary N) is 1. The van der Waals surface area contributed by atoms with Crippen molar-refractivity contribution >= 4 is 11.7 Å². The summed E-state index contributed by atoms with van der Waals surface area (Å²) in [5, 5.41) is 2.63. The predicted octanol–water partition coefficient (Wildman–Crippen LogP) is 0.542. The normalized spacial score (nSPS) is 12.1. The lowest BCUT2D eigenvalue weighted by molar-refractivity contribution is -0.116. The van der Waals surface area contributed by atoms with E-state index in [1.54, 1.807) is 6.20 Å². The van der Waals surface area contributed by atoms with Crippen molar-refractivity contribution in [1.29, 1.82) is 0 Å². The molecule has 1 aromatic heterocycles. The minimum absolute atomic E-state index is 0.0441. The van der Waals surface area contributed by atoms with Crippen molar-refractivity contribution in [3.05, 3.63) is 18.6 Å². The molecule has 0 fully saturated rings. The molecule has 1 amide bonds. The number of rotatable bonds is 4. The van der Waals surface area contributed by atoms with Gasteiger partial charge >= 0.3 is 0 Å². The van der Waals surface area contributed by atoms with Gasteiger partial charge in [0.2, 0.25) is 5.91 Å². The zero-order chi connectivity index (χ0) is 10.4. The number of nitrogens with zero attached hydrogens (tertiary/aromatic N) is 2. The molecular formula is C9H14N4O. The molecule has 14 heavy (non-hydrogen) atoms. The Bertz CT molecular complexity index is 286. The predicted molar refractivity (Wildman–Crippen MR) is 53.5 cm³/mol. The topological polar surface area (TPSA) is 80.9 Å². The average Bonchev–Trinajstić information content (AvgIpc) is 2.16. The summed E-state index contributed by atoms with van der Waals surface area (Å²) >= 11 is 0. The number of aromatic nitrogens is 2. The maximum Gasteiger partial charge on any atom is 0.225 e. The molecule has 1 unspecified atom stereocenters. The highest BCUT2D eigenvalue weighted by molar-refractivity contribution is 5.89. The van der Waals surface area contributed by atoms with Crippen molar-refractivity contribution in [2.45, 2.75) is 25.8 Å². The average molecular weight is 194 g/mol. The molecule has 0 aliphatic rings. The van der Waals surface area contributed by atoms with Gasteiger partial charge in [0.1, 0.15) is 0 Å². The molecule has 76 valence electrons. The fourth-order valence-electron chi connectivity index (χ4n) is 0.928. The van der Waals surface area contributed by atoms with Crippen molar-refractivity contribution in [3.8, 4) is 0 Å². The minimum atomic E-state index is -0.0807. The summed E-state index contributed by atoms with van der Waals surface area (Å²) < 4.78 is 0. The third-order valence-electron chi connectivity index (χ3n) is 1.66. The third-order valence-corrected chi connectivity index (χ3v) is 1.66. The SMILES string of the molecule is CC(N)CCC(=O)Nc1cnccn1. The van der Waals surface area contributed by atoms with Crippen LogP contribution in [0.4, 0.5) is 5.82 Å². The molecular weight excluding hydrogens is 180 g/mol. The van der Waals surface area contributed by atoms with Gasteiger partial charge in [0.15, 0.2) is 5.82 Å². The van der Waals surface area contributed by atoms with E-state index in [-0.39, 0.29) is 11.9 Å². The Labute approximate surface area is 82.7 Å². The number of amides is 1. The summed E-state index contributed by atoms with van der Waals surface area (Å²) in [6.45, 7) is 1.87. The van der Waals surface area contributed by atoms with E-state index in [0.29, 0.717) is 18.7 Å². The first-order chi connectivity index (χ1) is 6.68. The van der Waals surface area contributed by atoms with Gasteiger partial charge in [-0.05, 0) is 13.3 Å². The lowest BCUT2D eigenvalue weighted by Crippen LogP contribution is -2.19. The van der Waals surface area contributed by atoms with Crippen molar-refractivity contribution in [2.24, 2.45) is 5.73 Å². The summed E-state index contributed by atoms with van der Waals surface area (Å²) in [5.74, 6) is 0.393. The Morgan fingerprint density at radius 1 is 1.64 bits per heavy atom. The van der Waals surface area contributed by atoms with Crippen LogP contribution in [0.1, 0.15) is 19.8 Å². The highest BCUT2D eigenvalue weighted by Crippen LogP contribution is 2.00. The second-order valence-electron chi connectivity index (χ2n) is 3.15. The van der Waals surface area contributed by atoms with E-state index in [0.717, 1.165) is 0 Å². The first-order valence-electron chi connectivity index (χ1n) is 4.50. The van der Waals surface area contributed by atoms with Crippen LogP contribution in [0, 0.1) is 0 Å². The van der Waals surface area contributed by atoms with Gasteiger partial charge in [-0.2, -0.15) is 0 Å². The van der Waals surface area contributed by atoms with Crippen LogP contribution in [0.2, 0.25) is 0 Å². The molecule has 0 aliphatic heterocycles. The van der Waals surface area contributed by atoms with Gasteiger partial charge in [-0.25, -0.2) is 4.98 Å². The fourth-order valence-corrected chi connectivity index (χ4v) is 0.928. The van der Waals surface area contributed by atoms with Gasteiger partial charge in [-0.1, -0.05) is 0 Å². The molecule has 5 nitrogen and oxygen atoms in total. The van der Waals surface area contributed by atoms with Gasteiger partial charge in [0.25, 0.3) is 0 Å². The minimum Gasteiger partial charge on any atom is -0.328 e. The molecule has 1 atom stereocenters. The van der Waals surface area contributed by atoms with E-state index >= 15 is 0 Å². The van der Waals surface area contributed by atoms with Crippen LogP contribution < -0.4 is 11.1 Å². The first kappa shape index (κ1) is 10.6. The number of hydrogen-bond donors (Lipinski definition) is 2. The van der Waals surface area contributed by atoms with Crippen molar-refractivity contribution in [3.63, 3.8) is 0 Å². The highest BCUT2D eigenvalue weighted by atomic mass is 16.1. The van der Waals surface area contributed by atoms with Gasteiger partial charge in [0, 0.05) is 24.9 Å². The summed E-state index contributed by atoms with van der Waals surface area (Å²) in [5.41, 5.74) is 5.53.